The fourth-order valence-corrected chi connectivity index (χ4v) is 1.70. The van der Waals surface area contributed by atoms with E-state index >= 15 is 0 Å². The molecule has 0 radical (unpaired) electrons. The molecule has 0 bridgehead atoms. The molecule has 1 aliphatic heterocycles. The summed E-state index contributed by atoms with van der Waals surface area (Å²) in [6, 6.07) is 0. The van der Waals surface area contributed by atoms with Crippen molar-refractivity contribution in [3.8, 4) is 0 Å². The van der Waals surface area contributed by atoms with Gasteiger partial charge in [-0.1, -0.05) is 0 Å². The Labute approximate surface area is 87.2 Å². The molecule has 1 N–H and O–H groups in total. The van der Waals surface area contributed by atoms with E-state index in [-0.39, 0.29) is 0 Å². The molecule has 84 valence electrons. The van der Waals surface area contributed by atoms with Crippen LogP contribution in [0.1, 0.15) is 26.2 Å². The third-order valence-electron chi connectivity index (χ3n) is 2.62. The molecule has 3 heteroatoms. The third-order valence-corrected chi connectivity index (χ3v) is 2.62. The van der Waals surface area contributed by atoms with E-state index in [0.717, 1.165) is 51.9 Å². The summed E-state index contributed by atoms with van der Waals surface area (Å²) in [5, 5.41) is 3.48. The predicted octanol–water partition coefficient (Wildman–Crippen LogP) is 1.43. The van der Waals surface area contributed by atoms with Gasteiger partial charge in [-0.25, -0.2) is 0 Å². The molecular weight excluding hydrogens is 178 g/mol. The van der Waals surface area contributed by atoms with Crippen molar-refractivity contribution in [3.05, 3.63) is 0 Å². The van der Waals surface area contributed by atoms with E-state index < -0.39 is 0 Å². The zero-order chi connectivity index (χ0) is 10.1. The van der Waals surface area contributed by atoms with Gasteiger partial charge in [0.05, 0.1) is 0 Å². The molecule has 1 saturated heterocycles. The van der Waals surface area contributed by atoms with Gasteiger partial charge in [0, 0.05) is 26.4 Å². The maximum absolute atomic E-state index is 5.31. The van der Waals surface area contributed by atoms with E-state index in [4.69, 9.17) is 9.47 Å². The van der Waals surface area contributed by atoms with Crippen molar-refractivity contribution in [2.45, 2.75) is 26.2 Å². The van der Waals surface area contributed by atoms with Gasteiger partial charge in [0.25, 0.3) is 0 Å². The second-order valence-corrected chi connectivity index (χ2v) is 3.81. The number of rotatable bonds is 7. The van der Waals surface area contributed by atoms with Crippen LogP contribution in [-0.4, -0.2) is 39.5 Å². The molecule has 0 atom stereocenters. The van der Waals surface area contributed by atoms with E-state index in [9.17, 15) is 0 Å². The first kappa shape index (κ1) is 12.0. The van der Waals surface area contributed by atoms with Gasteiger partial charge in [0.15, 0.2) is 0 Å². The van der Waals surface area contributed by atoms with Gasteiger partial charge in [-0.05, 0) is 45.2 Å². The van der Waals surface area contributed by atoms with Crippen LogP contribution in [0.25, 0.3) is 0 Å². The van der Waals surface area contributed by atoms with Gasteiger partial charge >= 0.3 is 0 Å². The van der Waals surface area contributed by atoms with Crippen LogP contribution in [0.3, 0.4) is 0 Å². The second kappa shape index (κ2) is 8.21. The van der Waals surface area contributed by atoms with Crippen LogP contribution in [0, 0.1) is 5.92 Å². The average Bonchev–Trinajstić information content (AvgIpc) is 2.25. The Hall–Kier alpha value is -0.120. The van der Waals surface area contributed by atoms with Crippen molar-refractivity contribution in [2.24, 2.45) is 5.92 Å². The van der Waals surface area contributed by atoms with Crippen LogP contribution >= 0.6 is 0 Å². The maximum atomic E-state index is 5.31. The predicted molar refractivity (Wildman–Crippen MR) is 57.5 cm³/mol. The fourth-order valence-electron chi connectivity index (χ4n) is 1.70. The Kier molecular flexibility index (Phi) is 7.01. The first-order valence-corrected chi connectivity index (χ1v) is 5.79. The average molecular weight is 201 g/mol. The van der Waals surface area contributed by atoms with Crippen molar-refractivity contribution >= 4 is 0 Å². The Balaban J connectivity index is 1.82. The van der Waals surface area contributed by atoms with Crippen LogP contribution in [-0.2, 0) is 9.47 Å². The summed E-state index contributed by atoms with van der Waals surface area (Å²) in [5.41, 5.74) is 0. The van der Waals surface area contributed by atoms with Crippen LogP contribution < -0.4 is 5.32 Å². The standard InChI is InChI=1S/C11H23NO2/c1-2-13-7-3-6-12-10-11-4-8-14-9-5-11/h11-12H,2-10H2,1H3. The molecule has 0 aromatic carbocycles. The first-order valence-electron chi connectivity index (χ1n) is 5.79. The Morgan fingerprint density at radius 1 is 1.36 bits per heavy atom. The minimum absolute atomic E-state index is 0.829. The molecule has 0 aromatic rings. The Morgan fingerprint density at radius 3 is 2.86 bits per heavy atom. The van der Waals surface area contributed by atoms with Gasteiger partial charge in [0.1, 0.15) is 0 Å². The molecule has 0 aromatic heterocycles. The van der Waals surface area contributed by atoms with Crippen LogP contribution in [0.4, 0.5) is 0 Å². The molecule has 0 saturated carbocycles. The summed E-state index contributed by atoms with van der Waals surface area (Å²) in [6.07, 6.45) is 3.56. The highest BCUT2D eigenvalue weighted by molar-refractivity contribution is 4.65. The molecule has 0 unspecified atom stereocenters. The van der Waals surface area contributed by atoms with Crippen molar-refractivity contribution in [1.82, 2.24) is 5.32 Å². The zero-order valence-corrected chi connectivity index (χ0v) is 9.26. The normalized spacial score (nSPS) is 18.6. The lowest BCUT2D eigenvalue weighted by Crippen LogP contribution is -2.28. The number of nitrogens with one attached hydrogen (secondary N) is 1. The zero-order valence-electron chi connectivity index (χ0n) is 9.26. The van der Waals surface area contributed by atoms with E-state index in [1.165, 1.54) is 12.8 Å². The molecule has 14 heavy (non-hydrogen) atoms. The Morgan fingerprint density at radius 2 is 2.14 bits per heavy atom. The molecule has 1 aliphatic rings. The fraction of sp³-hybridized carbons (Fsp3) is 1.00. The smallest absolute Gasteiger partial charge is 0.0477 e. The minimum Gasteiger partial charge on any atom is -0.382 e. The Bertz CT molecular complexity index is 124. The largest absolute Gasteiger partial charge is 0.382 e. The molecule has 1 heterocycles. The van der Waals surface area contributed by atoms with E-state index in [0.29, 0.717) is 0 Å². The molecule has 1 rings (SSSR count). The molecule has 0 aliphatic carbocycles. The highest BCUT2D eigenvalue weighted by Crippen LogP contribution is 2.12. The van der Waals surface area contributed by atoms with E-state index in [1.807, 2.05) is 6.92 Å². The summed E-state index contributed by atoms with van der Waals surface area (Å²) >= 11 is 0. The summed E-state index contributed by atoms with van der Waals surface area (Å²) in [4.78, 5) is 0. The number of hydrogen-bond acceptors (Lipinski definition) is 3. The lowest BCUT2D eigenvalue weighted by molar-refractivity contribution is 0.0660. The van der Waals surface area contributed by atoms with Gasteiger partial charge < -0.3 is 14.8 Å². The van der Waals surface area contributed by atoms with Gasteiger partial charge in [-0.3, -0.25) is 0 Å². The van der Waals surface area contributed by atoms with Gasteiger partial charge in [-0.2, -0.15) is 0 Å². The highest BCUT2D eigenvalue weighted by Gasteiger charge is 2.12. The van der Waals surface area contributed by atoms with E-state index in [1.54, 1.807) is 0 Å². The molecule has 3 nitrogen and oxygen atoms in total. The summed E-state index contributed by atoms with van der Waals surface area (Å²) in [5.74, 6) is 0.829. The number of ether oxygens (including phenoxy) is 2. The first-order chi connectivity index (χ1) is 6.93. The summed E-state index contributed by atoms with van der Waals surface area (Å²) in [6.45, 7) is 7.89. The SMILES string of the molecule is CCOCCCNCC1CCOCC1. The quantitative estimate of drug-likeness (QED) is 0.632. The molecular formula is C11H23NO2. The van der Waals surface area contributed by atoms with Crippen molar-refractivity contribution < 1.29 is 9.47 Å². The maximum Gasteiger partial charge on any atom is 0.0477 e. The van der Waals surface area contributed by atoms with Crippen molar-refractivity contribution in [2.75, 3.05) is 39.5 Å². The highest BCUT2D eigenvalue weighted by atomic mass is 16.5. The van der Waals surface area contributed by atoms with Crippen LogP contribution in [0.2, 0.25) is 0 Å². The lowest BCUT2D eigenvalue weighted by atomic mass is 10.0. The second-order valence-electron chi connectivity index (χ2n) is 3.81. The third kappa shape index (κ3) is 5.58. The van der Waals surface area contributed by atoms with Gasteiger partial charge in [-0.15, -0.1) is 0 Å². The van der Waals surface area contributed by atoms with Crippen molar-refractivity contribution in [1.29, 1.82) is 0 Å². The molecule has 1 fully saturated rings. The monoisotopic (exact) mass is 201 g/mol. The van der Waals surface area contributed by atoms with Crippen molar-refractivity contribution in [3.63, 3.8) is 0 Å². The topological polar surface area (TPSA) is 30.5 Å². The van der Waals surface area contributed by atoms with Crippen LogP contribution in [0.15, 0.2) is 0 Å². The minimum atomic E-state index is 0.829. The summed E-state index contributed by atoms with van der Waals surface area (Å²) in [7, 11) is 0. The van der Waals surface area contributed by atoms with E-state index in [2.05, 4.69) is 5.32 Å². The summed E-state index contributed by atoms with van der Waals surface area (Å²) < 4.78 is 10.6. The van der Waals surface area contributed by atoms with Gasteiger partial charge in [0.2, 0.25) is 0 Å². The molecule has 0 spiro atoms. The molecule has 0 amide bonds. The number of hydrogen-bond donors (Lipinski definition) is 1. The lowest BCUT2D eigenvalue weighted by Gasteiger charge is -2.22. The van der Waals surface area contributed by atoms with Crippen LogP contribution in [0.5, 0.6) is 0 Å².